The number of fused-ring (bicyclic) bond motifs is 1. The molecule has 0 aromatic carbocycles. The summed E-state index contributed by atoms with van der Waals surface area (Å²) < 4.78 is 1.06. The fourth-order valence-electron chi connectivity index (χ4n) is 1.16. The van der Waals surface area contributed by atoms with Crippen molar-refractivity contribution >= 4 is 11.6 Å². The Balaban J connectivity index is 2.92. The molecule has 2 N–H and O–H groups in total. The van der Waals surface area contributed by atoms with Crippen LogP contribution in [0, 0.1) is 6.92 Å². The van der Waals surface area contributed by atoms with Gasteiger partial charge in [-0.1, -0.05) is 0 Å². The molecular formula is C7H6N4O3. The average molecular weight is 194 g/mol. The topological polar surface area (TPSA) is 100 Å². The van der Waals surface area contributed by atoms with Gasteiger partial charge in [0.1, 0.15) is 0 Å². The first-order valence-corrected chi connectivity index (χ1v) is 3.78. The Kier molecular flexibility index (Phi) is 1.60. The second-order valence-corrected chi connectivity index (χ2v) is 2.79. The van der Waals surface area contributed by atoms with Crippen LogP contribution in [0.3, 0.4) is 0 Å². The third-order valence-electron chi connectivity index (χ3n) is 1.71. The summed E-state index contributed by atoms with van der Waals surface area (Å²) in [6.07, 6.45) is 0. The van der Waals surface area contributed by atoms with Gasteiger partial charge in [-0.3, -0.25) is 9.89 Å². The summed E-state index contributed by atoms with van der Waals surface area (Å²) in [4.78, 5) is 22.0. The van der Waals surface area contributed by atoms with E-state index in [0.29, 0.717) is 5.69 Å². The van der Waals surface area contributed by atoms with E-state index < -0.39 is 5.97 Å². The standard InChI is InChI=1S/C7H6N4O3/c1-3-2-4(12)5-8-9-6(7(13)14)11(5)10-3/h2,10H,1H3,(H,13,14). The van der Waals surface area contributed by atoms with Crippen LogP contribution in [0.4, 0.5) is 0 Å². The molecule has 0 bridgehead atoms. The van der Waals surface area contributed by atoms with Gasteiger partial charge in [0.2, 0.25) is 11.1 Å². The molecule has 0 aliphatic heterocycles. The van der Waals surface area contributed by atoms with Gasteiger partial charge in [0.15, 0.2) is 0 Å². The van der Waals surface area contributed by atoms with E-state index in [1.807, 2.05) is 0 Å². The molecular weight excluding hydrogens is 188 g/mol. The monoisotopic (exact) mass is 194 g/mol. The molecule has 0 saturated heterocycles. The Bertz CT molecular complexity index is 568. The van der Waals surface area contributed by atoms with Crippen LogP contribution < -0.4 is 5.43 Å². The number of hydrogen-bond donors (Lipinski definition) is 2. The van der Waals surface area contributed by atoms with Crippen LogP contribution in [0.25, 0.3) is 5.65 Å². The highest BCUT2D eigenvalue weighted by atomic mass is 16.4. The molecule has 0 amide bonds. The van der Waals surface area contributed by atoms with E-state index in [-0.39, 0.29) is 16.9 Å². The molecule has 2 heterocycles. The number of nitrogens with zero attached hydrogens (tertiary/aromatic N) is 3. The lowest BCUT2D eigenvalue weighted by Crippen LogP contribution is -2.12. The summed E-state index contributed by atoms with van der Waals surface area (Å²) >= 11 is 0. The van der Waals surface area contributed by atoms with Gasteiger partial charge < -0.3 is 5.11 Å². The van der Waals surface area contributed by atoms with E-state index in [0.717, 1.165) is 4.52 Å². The molecule has 2 aromatic rings. The first-order valence-electron chi connectivity index (χ1n) is 3.78. The zero-order valence-corrected chi connectivity index (χ0v) is 7.18. The Morgan fingerprint density at radius 2 is 2.29 bits per heavy atom. The van der Waals surface area contributed by atoms with Gasteiger partial charge >= 0.3 is 5.97 Å². The molecule has 0 unspecified atom stereocenters. The number of aromatic amines is 1. The number of aromatic nitrogens is 4. The van der Waals surface area contributed by atoms with Crippen molar-refractivity contribution in [3.63, 3.8) is 0 Å². The maximum Gasteiger partial charge on any atom is 0.375 e. The van der Waals surface area contributed by atoms with Crippen molar-refractivity contribution in [1.29, 1.82) is 0 Å². The predicted octanol–water partition coefficient (Wildman–Crippen LogP) is -0.576. The van der Waals surface area contributed by atoms with E-state index in [1.54, 1.807) is 6.92 Å². The second-order valence-electron chi connectivity index (χ2n) is 2.79. The molecule has 0 fully saturated rings. The largest absolute Gasteiger partial charge is 0.475 e. The lowest BCUT2D eigenvalue weighted by atomic mass is 10.4. The fourth-order valence-corrected chi connectivity index (χ4v) is 1.16. The number of carbonyl (C=O) groups is 1. The Hall–Kier alpha value is -2.18. The van der Waals surface area contributed by atoms with Crippen LogP contribution in [-0.2, 0) is 0 Å². The van der Waals surface area contributed by atoms with E-state index in [9.17, 15) is 9.59 Å². The summed E-state index contributed by atoms with van der Waals surface area (Å²) in [7, 11) is 0. The first kappa shape index (κ1) is 8.42. The number of rotatable bonds is 1. The molecule has 0 aliphatic rings. The highest BCUT2D eigenvalue weighted by molar-refractivity contribution is 5.83. The van der Waals surface area contributed by atoms with Gasteiger partial charge in [-0.25, -0.2) is 9.31 Å². The number of nitrogens with one attached hydrogen (secondary N) is 1. The van der Waals surface area contributed by atoms with Crippen molar-refractivity contribution in [2.24, 2.45) is 0 Å². The Labute approximate surface area is 77.0 Å². The van der Waals surface area contributed by atoms with Crippen LogP contribution in [0.5, 0.6) is 0 Å². The van der Waals surface area contributed by atoms with Crippen molar-refractivity contribution < 1.29 is 9.90 Å². The van der Waals surface area contributed by atoms with Gasteiger partial charge in [0, 0.05) is 11.8 Å². The van der Waals surface area contributed by atoms with E-state index in [4.69, 9.17) is 5.11 Å². The highest BCUT2D eigenvalue weighted by Crippen LogP contribution is 1.97. The van der Waals surface area contributed by atoms with Crippen LogP contribution in [0.2, 0.25) is 0 Å². The number of hydrogen-bond acceptors (Lipinski definition) is 4. The summed E-state index contributed by atoms with van der Waals surface area (Å²) in [5.74, 6) is -1.54. The minimum atomic E-state index is -1.24. The molecule has 72 valence electrons. The van der Waals surface area contributed by atoms with Gasteiger partial charge in [-0.2, -0.15) is 0 Å². The molecule has 0 atom stereocenters. The number of carboxylic acids is 1. The van der Waals surface area contributed by atoms with Crippen LogP contribution in [0.1, 0.15) is 16.3 Å². The first-order chi connectivity index (χ1) is 6.59. The van der Waals surface area contributed by atoms with Crippen molar-refractivity contribution in [3.05, 3.63) is 27.8 Å². The van der Waals surface area contributed by atoms with Gasteiger partial charge in [0.25, 0.3) is 5.82 Å². The van der Waals surface area contributed by atoms with Crippen molar-refractivity contribution in [2.45, 2.75) is 6.92 Å². The zero-order valence-electron chi connectivity index (χ0n) is 7.18. The summed E-state index contributed by atoms with van der Waals surface area (Å²) in [5, 5.41) is 18.2. The summed E-state index contributed by atoms with van der Waals surface area (Å²) in [6.45, 7) is 1.65. The second kappa shape index (κ2) is 2.66. The van der Waals surface area contributed by atoms with Gasteiger partial charge in [0.05, 0.1) is 0 Å². The quantitative estimate of drug-likeness (QED) is 0.632. The maximum absolute atomic E-state index is 11.3. The normalized spacial score (nSPS) is 10.6. The van der Waals surface area contributed by atoms with E-state index in [2.05, 4.69) is 15.3 Å². The summed E-state index contributed by atoms with van der Waals surface area (Å²) in [6, 6.07) is 1.33. The number of aryl methyl sites for hydroxylation is 1. The van der Waals surface area contributed by atoms with Crippen LogP contribution >= 0.6 is 0 Å². The smallest absolute Gasteiger partial charge is 0.375 e. The number of carboxylic acid groups (broad SMARTS) is 1. The number of H-pyrrole nitrogens is 1. The Morgan fingerprint density at radius 3 is 2.93 bits per heavy atom. The van der Waals surface area contributed by atoms with Gasteiger partial charge in [-0.15, -0.1) is 10.2 Å². The van der Waals surface area contributed by atoms with E-state index >= 15 is 0 Å². The lowest BCUT2D eigenvalue weighted by Gasteiger charge is -1.96. The van der Waals surface area contributed by atoms with Crippen molar-refractivity contribution in [1.82, 2.24) is 19.8 Å². The van der Waals surface area contributed by atoms with E-state index in [1.165, 1.54) is 6.07 Å². The molecule has 0 spiro atoms. The molecule has 0 radical (unpaired) electrons. The average Bonchev–Trinajstić information content (AvgIpc) is 2.47. The van der Waals surface area contributed by atoms with Crippen LogP contribution in [0.15, 0.2) is 10.9 Å². The third-order valence-corrected chi connectivity index (χ3v) is 1.71. The fraction of sp³-hybridized carbons (Fsp3) is 0.143. The minimum absolute atomic E-state index is 0.0204. The predicted molar refractivity (Wildman–Crippen MR) is 45.3 cm³/mol. The molecule has 0 saturated carbocycles. The number of aromatic carboxylic acids is 1. The summed E-state index contributed by atoms with van der Waals surface area (Å²) in [5.41, 5.74) is 0.166. The Morgan fingerprint density at radius 1 is 1.57 bits per heavy atom. The highest BCUT2D eigenvalue weighted by Gasteiger charge is 2.14. The maximum atomic E-state index is 11.3. The zero-order chi connectivity index (χ0) is 10.3. The van der Waals surface area contributed by atoms with Crippen molar-refractivity contribution in [3.8, 4) is 0 Å². The van der Waals surface area contributed by atoms with Gasteiger partial charge in [-0.05, 0) is 6.92 Å². The molecule has 14 heavy (non-hydrogen) atoms. The molecule has 2 rings (SSSR count). The lowest BCUT2D eigenvalue weighted by molar-refractivity contribution is 0.0680. The molecule has 2 aromatic heterocycles. The van der Waals surface area contributed by atoms with Crippen molar-refractivity contribution in [2.75, 3.05) is 0 Å². The minimum Gasteiger partial charge on any atom is -0.475 e. The molecule has 7 nitrogen and oxygen atoms in total. The molecule has 0 aliphatic carbocycles. The molecule has 7 heteroatoms. The van der Waals surface area contributed by atoms with Crippen LogP contribution in [-0.4, -0.2) is 30.9 Å². The SMILES string of the molecule is Cc1cc(=O)c2nnc(C(=O)O)n2[nH]1. The third kappa shape index (κ3) is 1.06.